The van der Waals surface area contributed by atoms with Gasteiger partial charge in [0.25, 0.3) is 0 Å². The van der Waals surface area contributed by atoms with Crippen molar-refractivity contribution in [3.05, 3.63) is 64.6 Å². The van der Waals surface area contributed by atoms with Crippen molar-refractivity contribution in [2.45, 2.75) is 6.92 Å². The first-order valence-corrected chi connectivity index (χ1v) is 6.66. The second-order valence-electron chi connectivity index (χ2n) is 4.38. The van der Waals surface area contributed by atoms with Crippen molar-refractivity contribution in [3.8, 4) is 11.3 Å². The number of fused-ring (bicyclic) bond motifs is 1. The van der Waals surface area contributed by atoms with Crippen LogP contribution in [0.1, 0.15) is 5.56 Å². The molecule has 1 heterocycles. The molecule has 0 radical (unpaired) electrons. The molecule has 0 unspecified atom stereocenters. The van der Waals surface area contributed by atoms with Crippen molar-refractivity contribution in [3.63, 3.8) is 0 Å². The van der Waals surface area contributed by atoms with Gasteiger partial charge >= 0.3 is 0 Å². The topological polar surface area (TPSA) is 12.9 Å². The Kier molecular flexibility index (Phi) is 2.88. The average molecular weight is 298 g/mol. The number of hydrogen-bond acceptors (Lipinski definition) is 1. The predicted molar refractivity (Wildman–Crippen MR) is 79.6 cm³/mol. The van der Waals surface area contributed by atoms with Crippen LogP contribution in [0.15, 0.2) is 59.1 Å². The second-order valence-corrected chi connectivity index (χ2v) is 5.24. The predicted octanol–water partition coefficient (Wildman–Crippen LogP) is 4.97. The lowest BCUT2D eigenvalue weighted by molar-refractivity contribution is 1.36. The van der Waals surface area contributed by atoms with Crippen molar-refractivity contribution in [2.75, 3.05) is 0 Å². The first kappa shape index (κ1) is 11.4. The van der Waals surface area contributed by atoms with Crippen molar-refractivity contribution in [2.24, 2.45) is 0 Å². The van der Waals surface area contributed by atoms with E-state index in [4.69, 9.17) is 4.98 Å². The first-order chi connectivity index (χ1) is 8.74. The summed E-state index contributed by atoms with van der Waals surface area (Å²) in [5.74, 6) is 0. The van der Waals surface area contributed by atoms with Gasteiger partial charge in [-0.3, -0.25) is 0 Å². The number of benzene rings is 2. The molecule has 88 valence electrons. The Morgan fingerprint density at radius 1 is 0.944 bits per heavy atom. The van der Waals surface area contributed by atoms with Gasteiger partial charge in [0.15, 0.2) is 0 Å². The zero-order valence-corrected chi connectivity index (χ0v) is 11.6. The highest BCUT2D eigenvalue weighted by molar-refractivity contribution is 9.10. The summed E-state index contributed by atoms with van der Waals surface area (Å²) in [4.78, 5) is 4.74. The third kappa shape index (κ3) is 2.04. The molecule has 0 fully saturated rings. The lowest BCUT2D eigenvalue weighted by Crippen LogP contribution is -1.88. The van der Waals surface area contributed by atoms with Crippen molar-refractivity contribution in [1.82, 2.24) is 4.98 Å². The monoisotopic (exact) mass is 297 g/mol. The molecule has 0 aliphatic carbocycles. The van der Waals surface area contributed by atoms with Crippen LogP contribution < -0.4 is 0 Å². The Bertz CT molecular complexity index is 719. The number of aryl methyl sites for hydroxylation is 1. The van der Waals surface area contributed by atoms with Crippen LogP contribution in [0.25, 0.3) is 22.2 Å². The molecule has 0 atom stereocenters. The van der Waals surface area contributed by atoms with E-state index in [1.807, 2.05) is 18.2 Å². The maximum atomic E-state index is 4.74. The van der Waals surface area contributed by atoms with E-state index >= 15 is 0 Å². The Morgan fingerprint density at radius 2 is 1.78 bits per heavy atom. The molecule has 0 amide bonds. The van der Waals surface area contributed by atoms with Gasteiger partial charge in [-0.2, -0.15) is 0 Å². The normalized spacial score (nSPS) is 10.8. The molecule has 0 aliphatic rings. The quantitative estimate of drug-likeness (QED) is 0.618. The molecule has 0 N–H and O–H groups in total. The van der Waals surface area contributed by atoms with Gasteiger partial charge in [-0.1, -0.05) is 42.0 Å². The number of halogens is 1. The third-order valence-electron chi connectivity index (χ3n) is 2.97. The van der Waals surface area contributed by atoms with Crippen LogP contribution in [0, 0.1) is 6.92 Å². The van der Waals surface area contributed by atoms with Crippen LogP contribution in [-0.4, -0.2) is 4.98 Å². The van der Waals surface area contributed by atoms with Gasteiger partial charge < -0.3 is 0 Å². The molecule has 1 aromatic heterocycles. The molecule has 3 rings (SSSR count). The van der Waals surface area contributed by atoms with Crippen LogP contribution in [0.3, 0.4) is 0 Å². The summed E-state index contributed by atoms with van der Waals surface area (Å²) in [7, 11) is 0. The summed E-state index contributed by atoms with van der Waals surface area (Å²) >= 11 is 3.62. The Morgan fingerprint density at radius 3 is 2.61 bits per heavy atom. The molecule has 0 aliphatic heterocycles. The van der Waals surface area contributed by atoms with E-state index < -0.39 is 0 Å². The molecule has 18 heavy (non-hydrogen) atoms. The highest BCUT2D eigenvalue weighted by Crippen LogP contribution is 2.29. The van der Waals surface area contributed by atoms with Gasteiger partial charge in [-0.05, 0) is 41.1 Å². The largest absolute Gasteiger partial charge is 0.247 e. The van der Waals surface area contributed by atoms with Crippen molar-refractivity contribution < 1.29 is 0 Å². The molecular formula is C16H12BrN. The fourth-order valence-corrected chi connectivity index (χ4v) is 2.65. The van der Waals surface area contributed by atoms with E-state index in [2.05, 4.69) is 59.3 Å². The zero-order valence-electron chi connectivity index (χ0n) is 10.0. The van der Waals surface area contributed by atoms with E-state index in [1.165, 1.54) is 5.56 Å². The van der Waals surface area contributed by atoms with E-state index in [0.717, 1.165) is 26.6 Å². The molecule has 0 saturated carbocycles. The van der Waals surface area contributed by atoms with E-state index in [9.17, 15) is 0 Å². The lowest BCUT2D eigenvalue weighted by Gasteiger charge is -2.07. The molecule has 3 aromatic rings. The smallest absolute Gasteiger partial charge is 0.0851 e. The SMILES string of the molecule is Cc1cccc(-c2nc3ccccc3cc2Br)c1. The fourth-order valence-electron chi connectivity index (χ4n) is 2.08. The van der Waals surface area contributed by atoms with Gasteiger partial charge in [-0.25, -0.2) is 4.98 Å². The molecule has 0 spiro atoms. The summed E-state index contributed by atoms with van der Waals surface area (Å²) in [6, 6.07) is 18.7. The van der Waals surface area contributed by atoms with Gasteiger partial charge in [0.2, 0.25) is 0 Å². The Balaban J connectivity index is 2.26. The second kappa shape index (κ2) is 4.54. The Hall–Kier alpha value is -1.67. The first-order valence-electron chi connectivity index (χ1n) is 5.86. The molecule has 0 saturated heterocycles. The molecule has 2 heteroatoms. The highest BCUT2D eigenvalue weighted by atomic mass is 79.9. The van der Waals surface area contributed by atoms with Gasteiger partial charge in [0.1, 0.15) is 0 Å². The standard InChI is InChI=1S/C16H12BrN/c1-11-5-4-7-13(9-11)16-14(17)10-12-6-2-3-8-15(12)18-16/h2-10H,1H3. The summed E-state index contributed by atoms with van der Waals surface area (Å²) in [5, 5.41) is 1.15. The van der Waals surface area contributed by atoms with E-state index in [-0.39, 0.29) is 0 Å². The minimum atomic E-state index is 0.998. The number of para-hydroxylation sites is 1. The maximum Gasteiger partial charge on any atom is 0.0851 e. The number of pyridine rings is 1. The lowest BCUT2D eigenvalue weighted by atomic mass is 10.1. The van der Waals surface area contributed by atoms with E-state index in [1.54, 1.807) is 0 Å². The maximum absolute atomic E-state index is 4.74. The average Bonchev–Trinajstić information content (AvgIpc) is 2.38. The minimum absolute atomic E-state index is 0.998. The minimum Gasteiger partial charge on any atom is -0.247 e. The van der Waals surface area contributed by atoms with Gasteiger partial charge in [0, 0.05) is 15.4 Å². The molecule has 1 nitrogen and oxygen atoms in total. The Labute approximate surface area is 115 Å². The third-order valence-corrected chi connectivity index (χ3v) is 3.57. The number of rotatable bonds is 1. The van der Waals surface area contributed by atoms with E-state index in [0.29, 0.717) is 0 Å². The number of nitrogens with zero attached hydrogens (tertiary/aromatic N) is 1. The molecule has 2 aromatic carbocycles. The number of hydrogen-bond donors (Lipinski definition) is 0. The van der Waals surface area contributed by atoms with Crippen molar-refractivity contribution in [1.29, 1.82) is 0 Å². The van der Waals surface area contributed by atoms with Gasteiger partial charge in [-0.15, -0.1) is 0 Å². The summed E-state index contributed by atoms with van der Waals surface area (Å²) in [5.41, 5.74) is 4.41. The van der Waals surface area contributed by atoms with Crippen LogP contribution in [0.4, 0.5) is 0 Å². The summed E-state index contributed by atoms with van der Waals surface area (Å²) in [6.07, 6.45) is 0. The highest BCUT2D eigenvalue weighted by Gasteiger charge is 2.07. The van der Waals surface area contributed by atoms with Crippen LogP contribution >= 0.6 is 15.9 Å². The van der Waals surface area contributed by atoms with Crippen LogP contribution in [0.5, 0.6) is 0 Å². The molecule has 0 bridgehead atoms. The van der Waals surface area contributed by atoms with Crippen molar-refractivity contribution >= 4 is 26.8 Å². The molecular weight excluding hydrogens is 286 g/mol. The fraction of sp³-hybridized carbons (Fsp3) is 0.0625. The van der Waals surface area contributed by atoms with Gasteiger partial charge in [0.05, 0.1) is 11.2 Å². The summed E-state index contributed by atoms with van der Waals surface area (Å²) < 4.78 is 1.03. The number of aromatic nitrogens is 1. The zero-order chi connectivity index (χ0) is 12.5. The van der Waals surface area contributed by atoms with Crippen LogP contribution in [-0.2, 0) is 0 Å². The summed E-state index contributed by atoms with van der Waals surface area (Å²) in [6.45, 7) is 2.10. The van der Waals surface area contributed by atoms with Crippen LogP contribution in [0.2, 0.25) is 0 Å².